The van der Waals surface area contributed by atoms with Crippen molar-refractivity contribution in [3.05, 3.63) is 87.4 Å². The third-order valence-corrected chi connectivity index (χ3v) is 8.89. The number of benzene rings is 3. The smallest absolute Gasteiger partial charge is 0.264 e. The van der Waals surface area contributed by atoms with Gasteiger partial charge in [-0.05, 0) is 78.7 Å². The fourth-order valence-corrected chi connectivity index (χ4v) is 6.22. The Labute approximate surface area is 243 Å². The van der Waals surface area contributed by atoms with Gasteiger partial charge in [-0.3, -0.25) is 13.9 Å². The Morgan fingerprint density at radius 2 is 1.74 bits per heavy atom. The van der Waals surface area contributed by atoms with Gasteiger partial charge in [-0.15, -0.1) is 0 Å². The molecule has 8 nitrogen and oxygen atoms in total. The molecule has 3 aromatic carbocycles. The fraction of sp³-hybridized carbons (Fsp3) is 0.286. The number of carbonyl (C=O) groups is 2. The highest BCUT2D eigenvalue weighted by molar-refractivity contribution is 9.10. The number of rotatable bonds is 11. The number of hydrogen-bond acceptors (Lipinski definition) is 5. The third kappa shape index (κ3) is 7.32. The van der Waals surface area contributed by atoms with E-state index in [1.54, 1.807) is 62.4 Å². The standard InChI is InChI=1S/C28H31BrClN3O5S/c1-5-31-28(35)20(3)32(17-21-8-6-7-9-25(21)30)27(34)18-33(22-12-10-19(2)11-13-22)39(36,37)23-14-15-26(38-4)24(29)16-23/h6-16,20H,5,17-18H2,1-4H3,(H,31,35). The Morgan fingerprint density at radius 1 is 1.08 bits per heavy atom. The summed E-state index contributed by atoms with van der Waals surface area (Å²) >= 11 is 9.71. The third-order valence-electron chi connectivity index (χ3n) is 6.13. The number of anilines is 1. The molecule has 0 aliphatic heterocycles. The van der Waals surface area contributed by atoms with Gasteiger partial charge >= 0.3 is 0 Å². The molecular weight excluding hydrogens is 606 g/mol. The van der Waals surface area contributed by atoms with Crippen LogP contribution in [0, 0.1) is 6.92 Å². The van der Waals surface area contributed by atoms with E-state index in [9.17, 15) is 18.0 Å². The molecule has 1 N–H and O–H groups in total. The van der Waals surface area contributed by atoms with Crippen molar-refractivity contribution in [3.8, 4) is 5.75 Å². The molecule has 0 saturated carbocycles. The Hall–Kier alpha value is -3.08. The molecule has 39 heavy (non-hydrogen) atoms. The lowest BCUT2D eigenvalue weighted by molar-refractivity contribution is -0.139. The Bertz CT molecular complexity index is 1430. The average Bonchev–Trinajstić information content (AvgIpc) is 2.91. The van der Waals surface area contributed by atoms with E-state index < -0.39 is 28.5 Å². The van der Waals surface area contributed by atoms with Crippen LogP contribution in [0.3, 0.4) is 0 Å². The van der Waals surface area contributed by atoms with E-state index in [1.165, 1.54) is 30.2 Å². The largest absolute Gasteiger partial charge is 0.496 e. The summed E-state index contributed by atoms with van der Waals surface area (Å²) in [5, 5.41) is 3.17. The van der Waals surface area contributed by atoms with Crippen LogP contribution in [0.5, 0.6) is 5.75 Å². The molecule has 2 amide bonds. The number of likely N-dealkylation sites (N-methyl/N-ethyl adjacent to an activating group) is 1. The van der Waals surface area contributed by atoms with E-state index in [1.807, 2.05) is 6.92 Å². The van der Waals surface area contributed by atoms with Gasteiger partial charge in [0.2, 0.25) is 11.8 Å². The van der Waals surface area contributed by atoms with Crippen molar-refractivity contribution >= 4 is 55.1 Å². The molecular formula is C28H31BrClN3O5S. The van der Waals surface area contributed by atoms with Crippen molar-refractivity contribution in [1.29, 1.82) is 0 Å². The van der Waals surface area contributed by atoms with E-state index >= 15 is 0 Å². The van der Waals surface area contributed by atoms with E-state index in [2.05, 4.69) is 21.2 Å². The predicted molar refractivity (Wildman–Crippen MR) is 157 cm³/mol. The van der Waals surface area contributed by atoms with Crippen LogP contribution in [-0.2, 0) is 26.2 Å². The van der Waals surface area contributed by atoms with E-state index in [0.717, 1.165) is 9.87 Å². The molecule has 0 saturated heterocycles. The Morgan fingerprint density at radius 3 is 2.33 bits per heavy atom. The van der Waals surface area contributed by atoms with Crippen LogP contribution >= 0.6 is 27.5 Å². The first-order chi connectivity index (χ1) is 18.5. The SMILES string of the molecule is CCNC(=O)C(C)N(Cc1ccccc1Cl)C(=O)CN(c1ccc(C)cc1)S(=O)(=O)c1ccc(OC)c(Br)c1. The monoisotopic (exact) mass is 635 g/mol. The first-order valence-corrected chi connectivity index (χ1v) is 14.8. The molecule has 1 unspecified atom stereocenters. The average molecular weight is 637 g/mol. The van der Waals surface area contributed by atoms with Gasteiger partial charge in [0.15, 0.2) is 0 Å². The number of sulfonamides is 1. The minimum Gasteiger partial charge on any atom is -0.496 e. The zero-order chi connectivity index (χ0) is 28.7. The Kier molecular flexibility index (Phi) is 10.4. The highest BCUT2D eigenvalue weighted by atomic mass is 79.9. The normalized spacial score (nSPS) is 11.9. The quantitative estimate of drug-likeness (QED) is 0.314. The number of hydrogen-bond donors (Lipinski definition) is 1. The molecule has 3 aromatic rings. The minimum atomic E-state index is -4.21. The number of nitrogens with one attached hydrogen (secondary N) is 1. The fourth-order valence-electron chi connectivity index (χ4n) is 3.89. The highest BCUT2D eigenvalue weighted by Crippen LogP contribution is 2.31. The summed E-state index contributed by atoms with van der Waals surface area (Å²) in [5.74, 6) is -0.458. The molecule has 0 aliphatic rings. The van der Waals surface area contributed by atoms with Gasteiger partial charge in [-0.25, -0.2) is 8.42 Å². The summed E-state index contributed by atoms with van der Waals surface area (Å²) < 4.78 is 34.6. The van der Waals surface area contributed by atoms with E-state index in [0.29, 0.717) is 33.0 Å². The molecule has 3 rings (SSSR count). The van der Waals surface area contributed by atoms with Gasteiger partial charge in [-0.2, -0.15) is 0 Å². The summed E-state index contributed by atoms with van der Waals surface area (Å²) in [4.78, 5) is 28.0. The van der Waals surface area contributed by atoms with Crippen molar-refractivity contribution in [2.75, 3.05) is 24.5 Å². The summed E-state index contributed by atoms with van der Waals surface area (Å²) in [5.41, 5.74) is 1.87. The number of aryl methyl sites for hydroxylation is 1. The van der Waals surface area contributed by atoms with Crippen LogP contribution in [0.4, 0.5) is 5.69 Å². The summed E-state index contributed by atoms with van der Waals surface area (Å²) in [6.45, 7) is 5.13. The lowest BCUT2D eigenvalue weighted by Crippen LogP contribution is -2.51. The van der Waals surface area contributed by atoms with Crippen LogP contribution in [-0.4, -0.2) is 51.4 Å². The zero-order valence-electron chi connectivity index (χ0n) is 22.1. The summed E-state index contributed by atoms with van der Waals surface area (Å²) in [7, 11) is -2.73. The van der Waals surface area contributed by atoms with Crippen LogP contribution < -0.4 is 14.4 Å². The van der Waals surface area contributed by atoms with Crippen molar-refractivity contribution in [2.24, 2.45) is 0 Å². The highest BCUT2D eigenvalue weighted by Gasteiger charge is 2.33. The summed E-state index contributed by atoms with van der Waals surface area (Å²) in [6.07, 6.45) is 0. The molecule has 0 bridgehead atoms. The van der Waals surface area contributed by atoms with Crippen molar-refractivity contribution in [1.82, 2.24) is 10.2 Å². The first kappa shape index (κ1) is 30.5. The van der Waals surface area contributed by atoms with Gasteiger partial charge < -0.3 is 15.0 Å². The van der Waals surface area contributed by atoms with Gasteiger partial charge in [0.05, 0.1) is 22.2 Å². The van der Waals surface area contributed by atoms with Crippen LogP contribution in [0.15, 0.2) is 76.1 Å². The molecule has 0 fully saturated rings. The van der Waals surface area contributed by atoms with Crippen molar-refractivity contribution < 1.29 is 22.7 Å². The molecule has 0 radical (unpaired) electrons. The van der Waals surface area contributed by atoms with Gasteiger partial charge in [0, 0.05) is 18.1 Å². The molecule has 0 spiro atoms. The molecule has 11 heteroatoms. The maximum atomic E-state index is 13.9. The van der Waals surface area contributed by atoms with Gasteiger partial charge in [0.25, 0.3) is 10.0 Å². The second kappa shape index (κ2) is 13.3. The number of halogens is 2. The number of nitrogens with zero attached hydrogens (tertiary/aromatic N) is 2. The Balaban J connectivity index is 2.06. The maximum absolute atomic E-state index is 13.9. The lowest BCUT2D eigenvalue weighted by Gasteiger charge is -2.32. The second-order valence-corrected chi connectivity index (χ2v) is 12.0. The second-order valence-electron chi connectivity index (χ2n) is 8.83. The topological polar surface area (TPSA) is 96.0 Å². The van der Waals surface area contributed by atoms with Crippen LogP contribution in [0.1, 0.15) is 25.0 Å². The first-order valence-electron chi connectivity index (χ1n) is 12.2. The molecule has 208 valence electrons. The number of carbonyl (C=O) groups excluding carboxylic acids is 2. The predicted octanol–water partition coefficient (Wildman–Crippen LogP) is 5.17. The number of ether oxygens (including phenoxy) is 1. The molecule has 0 aromatic heterocycles. The van der Waals surface area contributed by atoms with Crippen molar-refractivity contribution in [3.63, 3.8) is 0 Å². The van der Waals surface area contributed by atoms with Crippen LogP contribution in [0.2, 0.25) is 5.02 Å². The number of methoxy groups -OCH3 is 1. The summed E-state index contributed by atoms with van der Waals surface area (Å²) in [6, 6.07) is 17.3. The van der Waals surface area contributed by atoms with E-state index in [4.69, 9.17) is 16.3 Å². The maximum Gasteiger partial charge on any atom is 0.264 e. The lowest BCUT2D eigenvalue weighted by atomic mass is 10.1. The van der Waals surface area contributed by atoms with Crippen molar-refractivity contribution in [2.45, 2.75) is 38.3 Å². The molecule has 0 aliphatic carbocycles. The van der Waals surface area contributed by atoms with Gasteiger partial charge in [-0.1, -0.05) is 47.5 Å². The molecule has 1 atom stereocenters. The van der Waals surface area contributed by atoms with Gasteiger partial charge in [0.1, 0.15) is 18.3 Å². The zero-order valence-corrected chi connectivity index (χ0v) is 25.3. The van der Waals surface area contributed by atoms with Crippen LogP contribution in [0.25, 0.3) is 0 Å². The molecule has 0 heterocycles. The minimum absolute atomic E-state index is 0.0205. The van der Waals surface area contributed by atoms with E-state index in [-0.39, 0.29) is 17.3 Å². The number of amides is 2.